The lowest BCUT2D eigenvalue weighted by Gasteiger charge is -2.33. The third kappa shape index (κ3) is 4.86. The van der Waals surface area contributed by atoms with Gasteiger partial charge in [-0.15, -0.1) is 0 Å². The molecule has 6 nitrogen and oxygen atoms in total. The Morgan fingerprint density at radius 2 is 2.32 bits per heavy atom. The second-order valence-electron chi connectivity index (χ2n) is 5.85. The molecule has 0 saturated carbocycles. The molecular formula is C16H27N5O. The molecule has 0 unspecified atom stereocenters. The van der Waals surface area contributed by atoms with E-state index in [1.165, 1.54) is 6.42 Å². The number of anilines is 2. The van der Waals surface area contributed by atoms with Crippen molar-refractivity contribution < 1.29 is 4.79 Å². The van der Waals surface area contributed by atoms with Gasteiger partial charge in [-0.05, 0) is 31.6 Å². The van der Waals surface area contributed by atoms with Gasteiger partial charge in [-0.1, -0.05) is 6.92 Å². The fourth-order valence-electron chi connectivity index (χ4n) is 2.84. The van der Waals surface area contributed by atoms with Crippen molar-refractivity contribution in [2.24, 2.45) is 5.92 Å². The lowest BCUT2D eigenvalue weighted by molar-refractivity contribution is -0.120. The van der Waals surface area contributed by atoms with Crippen LogP contribution in [-0.4, -0.2) is 42.6 Å². The minimum absolute atomic E-state index is 0.130. The first-order valence-electron chi connectivity index (χ1n) is 8.24. The van der Waals surface area contributed by atoms with Gasteiger partial charge < -0.3 is 15.5 Å². The number of amides is 1. The zero-order valence-corrected chi connectivity index (χ0v) is 13.6. The molecule has 1 atom stereocenters. The van der Waals surface area contributed by atoms with E-state index in [0.29, 0.717) is 12.3 Å². The van der Waals surface area contributed by atoms with Crippen LogP contribution in [0.5, 0.6) is 0 Å². The van der Waals surface area contributed by atoms with E-state index in [9.17, 15) is 4.79 Å². The van der Waals surface area contributed by atoms with E-state index in [1.54, 1.807) is 13.4 Å². The van der Waals surface area contributed by atoms with E-state index in [0.717, 1.165) is 50.5 Å². The van der Waals surface area contributed by atoms with E-state index < -0.39 is 0 Å². The zero-order valence-electron chi connectivity index (χ0n) is 13.6. The molecule has 2 N–H and O–H groups in total. The molecule has 1 amide bonds. The minimum atomic E-state index is 0.130. The Bertz CT molecular complexity index is 479. The molecule has 0 spiro atoms. The van der Waals surface area contributed by atoms with E-state index >= 15 is 0 Å². The average molecular weight is 305 g/mol. The summed E-state index contributed by atoms with van der Waals surface area (Å²) in [4.78, 5) is 22.4. The van der Waals surface area contributed by atoms with Crippen LogP contribution in [0.4, 0.5) is 11.6 Å². The highest BCUT2D eigenvalue weighted by atomic mass is 16.1. The van der Waals surface area contributed by atoms with Gasteiger partial charge in [0, 0.05) is 39.2 Å². The summed E-state index contributed by atoms with van der Waals surface area (Å²) < 4.78 is 0. The van der Waals surface area contributed by atoms with Gasteiger partial charge in [0.2, 0.25) is 5.91 Å². The third-order valence-corrected chi connectivity index (χ3v) is 4.11. The van der Waals surface area contributed by atoms with E-state index in [4.69, 9.17) is 0 Å². The van der Waals surface area contributed by atoms with Crippen LogP contribution in [0.3, 0.4) is 0 Å². The smallest absolute Gasteiger partial charge is 0.219 e. The third-order valence-electron chi connectivity index (χ3n) is 4.11. The van der Waals surface area contributed by atoms with E-state index in [-0.39, 0.29) is 5.91 Å². The molecule has 2 heterocycles. The largest absolute Gasteiger partial charge is 0.370 e. The molecule has 1 saturated heterocycles. The van der Waals surface area contributed by atoms with Crippen LogP contribution >= 0.6 is 0 Å². The van der Waals surface area contributed by atoms with Crippen LogP contribution < -0.4 is 15.5 Å². The summed E-state index contributed by atoms with van der Waals surface area (Å²) in [6.07, 6.45) is 6.61. The van der Waals surface area contributed by atoms with E-state index in [2.05, 4.69) is 32.4 Å². The summed E-state index contributed by atoms with van der Waals surface area (Å²) in [6.45, 7) is 5.06. The van der Waals surface area contributed by atoms with Crippen LogP contribution in [-0.2, 0) is 4.79 Å². The van der Waals surface area contributed by atoms with Crippen molar-refractivity contribution in [1.82, 2.24) is 15.3 Å². The summed E-state index contributed by atoms with van der Waals surface area (Å²) in [6, 6.07) is 2.02. The summed E-state index contributed by atoms with van der Waals surface area (Å²) in [5.41, 5.74) is 0. The fourth-order valence-corrected chi connectivity index (χ4v) is 2.84. The Morgan fingerprint density at radius 1 is 1.45 bits per heavy atom. The Morgan fingerprint density at radius 3 is 3.09 bits per heavy atom. The van der Waals surface area contributed by atoms with Gasteiger partial charge >= 0.3 is 0 Å². The van der Waals surface area contributed by atoms with Gasteiger partial charge in [-0.25, -0.2) is 9.97 Å². The van der Waals surface area contributed by atoms with Gasteiger partial charge in [-0.2, -0.15) is 0 Å². The molecule has 22 heavy (non-hydrogen) atoms. The van der Waals surface area contributed by atoms with Crippen molar-refractivity contribution >= 4 is 17.5 Å². The number of hydrogen-bond acceptors (Lipinski definition) is 5. The second kappa shape index (κ2) is 8.56. The van der Waals surface area contributed by atoms with Gasteiger partial charge in [0.1, 0.15) is 18.0 Å². The molecule has 1 fully saturated rings. The number of hydrogen-bond donors (Lipinski definition) is 2. The monoisotopic (exact) mass is 305 g/mol. The number of aromatic nitrogens is 2. The summed E-state index contributed by atoms with van der Waals surface area (Å²) in [5, 5.41) is 6.00. The molecular weight excluding hydrogens is 278 g/mol. The molecule has 2 rings (SSSR count). The first-order chi connectivity index (χ1) is 10.7. The van der Waals surface area contributed by atoms with Gasteiger partial charge in [-0.3, -0.25) is 4.79 Å². The maximum absolute atomic E-state index is 11.4. The summed E-state index contributed by atoms with van der Waals surface area (Å²) >= 11 is 0. The zero-order chi connectivity index (χ0) is 15.8. The Hall–Kier alpha value is -1.85. The van der Waals surface area contributed by atoms with Crippen LogP contribution in [0.15, 0.2) is 12.4 Å². The highest BCUT2D eigenvalue weighted by molar-refractivity contribution is 5.75. The van der Waals surface area contributed by atoms with Crippen molar-refractivity contribution in [2.75, 3.05) is 36.9 Å². The SMILES string of the molecule is CCCNc1cc(N2CCC[C@H](CCC(=O)NC)C2)ncn1. The first-order valence-corrected chi connectivity index (χ1v) is 8.24. The van der Waals surface area contributed by atoms with E-state index in [1.807, 2.05) is 6.07 Å². The summed E-state index contributed by atoms with van der Waals surface area (Å²) in [7, 11) is 1.70. The predicted octanol–water partition coefficient (Wildman–Crippen LogP) is 2.04. The topological polar surface area (TPSA) is 70.2 Å². The van der Waals surface area contributed by atoms with Crippen molar-refractivity contribution in [1.29, 1.82) is 0 Å². The van der Waals surface area contributed by atoms with Crippen molar-refractivity contribution in [2.45, 2.75) is 39.0 Å². The molecule has 1 aliphatic rings. The number of piperidine rings is 1. The molecule has 0 aliphatic carbocycles. The standard InChI is InChI=1S/C16H27N5O/c1-3-8-18-14-10-15(20-12-19-14)21-9-4-5-13(11-21)6-7-16(22)17-2/h10,12-13H,3-9,11H2,1-2H3,(H,17,22)(H,18,19,20)/t13-/m1/s1. The van der Waals surface area contributed by atoms with Crippen LogP contribution in [0.25, 0.3) is 0 Å². The molecule has 0 aromatic carbocycles. The van der Waals surface area contributed by atoms with Gasteiger partial charge in [0.05, 0.1) is 0 Å². The second-order valence-corrected chi connectivity index (χ2v) is 5.85. The maximum Gasteiger partial charge on any atom is 0.219 e. The number of nitrogens with zero attached hydrogens (tertiary/aromatic N) is 3. The Balaban J connectivity index is 1.92. The summed E-state index contributed by atoms with van der Waals surface area (Å²) in [5.74, 6) is 2.57. The molecule has 1 aromatic heterocycles. The van der Waals surface area contributed by atoms with Crippen LogP contribution in [0.1, 0.15) is 39.0 Å². The number of nitrogens with one attached hydrogen (secondary N) is 2. The van der Waals surface area contributed by atoms with Crippen molar-refractivity contribution in [3.63, 3.8) is 0 Å². The van der Waals surface area contributed by atoms with Crippen LogP contribution in [0.2, 0.25) is 0 Å². The van der Waals surface area contributed by atoms with Crippen LogP contribution in [0, 0.1) is 5.92 Å². The average Bonchev–Trinajstić information content (AvgIpc) is 2.58. The maximum atomic E-state index is 11.4. The molecule has 122 valence electrons. The number of rotatable bonds is 7. The minimum Gasteiger partial charge on any atom is -0.370 e. The highest BCUT2D eigenvalue weighted by Crippen LogP contribution is 2.25. The van der Waals surface area contributed by atoms with Gasteiger partial charge in [0.25, 0.3) is 0 Å². The van der Waals surface area contributed by atoms with Crippen molar-refractivity contribution in [3.8, 4) is 0 Å². The molecule has 0 bridgehead atoms. The van der Waals surface area contributed by atoms with Gasteiger partial charge in [0.15, 0.2) is 0 Å². The number of carbonyl (C=O) groups is 1. The molecule has 1 aromatic rings. The fraction of sp³-hybridized carbons (Fsp3) is 0.688. The predicted molar refractivity (Wildman–Crippen MR) is 89.1 cm³/mol. The Kier molecular flexibility index (Phi) is 6.43. The normalized spacial score (nSPS) is 18.1. The molecule has 1 aliphatic heterocycles. The lowest BCUT2D eigenvalue weighted by atomic mass is 9.93. The highest BCUT2D eigenvalue weighted by Gasteiger charge is 2.21. The molecule has 6 heteroatoms. The van der Waals surface area contributed by atoms with Crippen molar-refractivity contribution in [3.05, 3.63) is 12.4 Å². The molecule has 0 radical (unpaired) electrons. The lowest BCUT2D eigenvalue weighted by Crippen LogP contribution is -2.36. The Labute approximate surface area is 132 Å². The first kappa shape index (κ1) is 16.5. The number of carbonyl (C=O) groups excluding carboxylic acids is 1. The quantitative estimate of drug-likeness (QED) is 0.807.